The molecule has 1 atom stereocenters. The average molecular weight is 245 g/mol. The maximum Gasteiger partial charge on any atom is 0.00670 e. The summed E-state index contributed by atoms with van der Waals surface area (Å²) in [5, 5.41) is 3.73. The summed E-state index contributed by atoms with van der Waals surface area (Å²) in [5.74, 6) is 1.05. The Morgan fingerprint density at radius 3 is 2.61 bits per heavy atom. The zero-order chi connectivity index (χ0) is 12.6. The largest absolute Gasteiger partial charge is 0.314 e. The molecule has 1 unspecified atom stereocenters. The second-order valence-corrected chi connectivity index (χ2v) is 5.68. The van der Waals surface area contributed by atoms with Gasteiger partial charge in [0.15, 0.2) is 0 Å². The molecule has 0 bridgehead atoms. The lowest BCUT2D eigenvalue weighted by Crippen LogP contribution is -2.29. The van der Waals surface area contributed by atoms with Gasteiger partial charge in [-0.05, 0) is 50.1 Å². The molecule has 0 amide bonds. The molecule has 1 aromatic carbocycles. The Labute approximate surface area is 112 Å². The van der Waals surface area contributed by atoms with Crippen molar-refractivity contribution >= 4 is 0 Å². The van der Waals surface area contributed by atoms with Crippen LogP contribution in [0.25, 0.3) is 0 Å². The molecule has 0 spiro atoms. The maximum absolute atomic E-state index is 3.73. The van der Waals surface area contributed by atoms with Gasteiger partial charge in [0.05, 0.1) is 0 Å². The smallest absolute Gasteiger partial charge is 0.00670 e. The summed E-state index contributed by atoms with van der Waals surface area (Å²) in [6.45, 7) is 3.50. The van der Waals surface area contributed by atoms with Crippen LogP contribution >= 0.6 is 0 Å². The maximum atomic E-state index is 3.73. The van der Waals surface area contributed by atoms with Crippen molar-refractivity contribution < 1.29 is 0 Å². The second kappa shape index (κ2) is 7.58. The molecule has 1 heteroatoms. The molecule has 1 saturated carbocycles. The van der Waals surface area contributed by atoms with Crippen LogP contribution in [0.2, 0.25) is 0 Å². The Bertz CT molecular complexity index is 316. The Morgan fingerprint density at radius 1 is 1.17 bits per heavy atom. The van der Waals surface area contributed by atoms with Gasteiger partial charge in [0, 0.05) is 6.04 Å². The average Bonchev–Trinajstić information content (AvgIpc) is 3.22. The van der Waals surface area contributed by atoms with E-state index in [1.54, 1.807) is 0 Å². The fourth-order valence-corrected chi connectivity index (χ4v) is 2.56. The molecule has 1 nitrogen and oxygen atoms in total. The predicted octanol–water partition coefficient (Wildman–Crippen LogP) is 4.18. The number of unbranched alkanes of at least 4 members (excludes halogenated alkanes) is 1. The molecule has 1 fully saturated rings. The number of benzene rings is 1. The van der Waals surface area contributed by atoms with Crippen LogP contribution in [0.3, 0.4) is 0 Å². The topological polar surface area (TPSA) is 12.0 Å². The van der Waals surface area contributed by atoms with E-state index in [2.05, 4.69) is 42.6 Å². The molecule has 0 saturated heterocycles. The highest BCUT2D eigenvalue weighted by Crippen LogP contribution is 2.33. The van der Waals surface area contributed by atoms with Gasteiger partial charge in [-0.15, -0.1) is 0 Å². The zero-order valence-electron chi connectivity index (χ0n) is 11.7. The van der Waals surface area contributed by atoms with Crippen molar-refractivity contribution in [3.05, 3.63) is 35.9 Å². The first-order valence-electron chi connectivity index (χ1n) is 7.65. The highest BCUT2D eigenvalue weighted by Gasteiger charge is 2.24. The van der Waals surface area contributed by atoms with Gasteiger partial charge in [-0.2, -0.15) is 0 Å². The van der Waals surface area contributed by atoms with Crippen molar-refractivity contribution in [1.82, 2.24) is 5.32 Å². The Balaban J connectivity index is 1.52. The third-order valence-corrected chi connectivity index (χ3v) is 3.98. The van der Waals surface area contributed by atoms with Gasteiger partial charge in [-0.1, -0.05) is 50.1 Å². The van der Waals surface area contributed by atoms with E-state index < -0.39 is 0 Å². The molecule has 1 N–H and O–H groups in total. The standard InChI is InChI=1S/C17H27N/c1-2-17(14-16-11-12-16)18-13-7-6-10-15-8-4-3-5-9-15/h3-5,8-9,16-18H,2,6-7,10-14H2,1H3. The summed E-state index contributed by atoms with van der Waals surface area (Å²) in [6, 6.07) is 11.6. The molecule has 1 aromatic rings. The normalized spacial score (nSPS) is 16.7. The molecule has 0 radical (unpaired) electrons. The Morgan fingerprint density at radius 2 is 1.94 bits per heavy atom. The fourth-order valence-electron chi connectivity index (χ4n) is 2.56. The molecule has 18 heavy (non-hydrogen) atoms. The first-order valence-corrected chi connectivity index (χ1v) is 7.65. The van der Waals surface area contributed by atoms with Gasteiger partial charge in [0.1, 0.15) is 0 Å². The molecule has 0 aromatic heterocycles. The van der Waals surface area contributed by atoms with Crippen LogP contribution in [0.1, 0.15) is 51.0 Å². The molecule has 0 aliphatic heterocycles. The molecule has 1 aliphatic rings. The van der Waals surface area contributed by atoms with Gasteiger partial charge in [0.25, 0.3) is 0 Å². The summed E-state index contributed by atoms with van der Waals surface area (Å²) in [4.78, 5) is 0. The Kier molecular flexibility index (Phi) is 5.73. The number of rotatable bonds is 9. The monoisotopic (exact) mass is 245 g/mol. The molecular formula is C17H27N. The minimum atomic E-state index is 0.772. The fraction of sp³-hybridized carbons (Fsp3) is 0.647. The van der Waals surface area contributed by atoms with Crippen LogP contribution in [0.5, 0.6) is 0 Å². The van der Waals surface area contributed by atoms with E-state index in [0.717, 1.165) is 12.0 Å². The van der Waals surface area contributed by atoms with Crippen molar-refractivity contribution in [2.24, 2.45) is 5.92 Å². The van der Waals surface area contributed by atoms with Crippen LogP contribution in [-0.4, -0.2) is 12.6 Å². The van der Waals surface area contributed by atoms with Crippen LogP contribution < -0.4 is 5.32 Å². The summed E-state index contributed by atoms with van der Waals surface area (Å²) in [7, 11) is 0. The lowest BCUT2D eigenvalue weighted by molar-refractivity contribution is 0.439. The van der Waals surface area contributed by atoms with Crippen LogP contribution in [0.4, 0.5) is 0 Å². The highest BCUT2D eigenvalue weighted by molar-refractivity contribution is 5.14. The van der Waals surface area contributed by atoms with E-state index >= 15 is 0 Å². The van der Waals surface area contributed by atoms with E-state index in [1.165, 1.54) is 57.1 Å². The summed E-state index contributed by atoms with van der Waals surface area (Å²) in [6.07, 6.45) is 9.48. The van der Waals surface area contributed by atoms with Crippen molar-refractivity contribution in [3.63, 3.8) is 0 Å². The molecule has 0 heterocycles. The molecule has 1 aliphatic carbocycles. The van der Waals surface area contributed by atoms with Crippen molar-refractivity contribution in [1.29, 1.82) is 0 Å². The predicted molar refractivity (Wildman–Crippen MR) is 78.8 cm³/mol. The third-order valence-electron chi connectivity index (χ3n) is 3.98. The van der Waals surface area contributed by atoms with E-state index in [0.29, 0.717) is 0 Å². The Hall–Kier alpha value is -0.820. The highest BCUT2D eigenvalue weighted by atomic mass is 14.9. The van der Waals surface area contributed by atoms with E-state index in [-0.39, 0.29) is 0 Å². The number of hydrogen-bond donors (Lipinski definition) is 1. The minimum absolute atomic E-state index is 0.772. The van der Waals surface area contributed by atoms with Gasteiger partial charge < -0.3 is 5.32 Å². The minimum Gasteiger partial charge on any atom is -0.314 e. The van der Waals surface area contributed by atoms with Crippen molar-refractivity contribution in [2.45, 2.75) is 57.9 Å². The van der Waals surface area contributed by atoms with Gasteiger partial charge >= 0.3 is 0 Å². The SMILES string of the molecule is CCC(CC1CC1)NCCCCc1ccccc1. The molecular weight excluding hydrogens is 218 g/mol. The van der Waals surface area contributed by atoms with Crippen molar-refractivity contribution in [2.75, 3.05) is 6.54 Å². The van der Waals surface area contributed by atoms with Gasteiger partial charge in [-0.3, -0.25) is 0 Å². The third kappa shape index (κ3) is 5.22. The van der Waals surface area contributed by atoms with Crippen LogP contribution in [0.15, 0.2) is 30.3 Å². The van der Waals surface area contributed by atoms with E-state index in [9.17, 15) is 0 Å². The lowest BCUT2D eigenvalue weighted by Gasteiger charge is -2.16. The summed E-state index contributed by atoms with van der Waals surface area (Å²) < 4.78 is 0. The van der Waals surface area contributed by atoms with E-state index in [4.69, 9.17) is 0 Å². The lowest BCUT2D eigenvalue weighted by atomic mass is 10.1. The molecule has 2 rings (SSSR count). The van der Waals surface area contributed by atoms with Crippen molar-refractivity contribution in [3.8, 4) is 0 Å². The quantitative estimate of drug-likeness (QED) is 0.644. The zero-order valence-corrected chi connectivity index (χ0v) is 11.7. The number of aryl methyl sites for hydroxylation is 1. The van der Waals surface area contributed by atoms with E-state index in [1.807, 2.05) is 0 Å². The first-order chi connectivity index (χ1) is 8.88. The summed E-state index contributed by atoms with van der Waals surface area (Å²) >= 11 is 0. The molecule has 100 valence electrons. The first kappa shape index (κ1) is 13.6. The number of hydrogen-bond acceptors (Lipinski definition) is 1. The van der Waals surface area contributed by atoms with Crippen LogP contribution in [-0.2, 0) is 6.42 Å². The van der Waals surface area contributed by atoms with Gasteiger partial charge in [-0.25, -0.2) is 0 Å². The van der Waals surface area contributed by atoms with Crippen LogP contribution in [0, 0.1) is 5.92 Å². The van der Waals surface area contributed by atoms with Gasteiger partial charge in [0.2, 0.25) is 0 Å². The number of nitrogens with one attached hydrogen (secondary N) is 1. The summed E-state index contributed by atoms with van der Waals surface area (Å²) in [5.41, 5.74) is 1.47. The second-order valence-electron chi connectivity index (χ2n) is 5.68.